The van der Waals surface area contributed by atoms with E-state index in [2.05, 4.69) is 0 Å². The zero-order valence-electron chi connectivity index (χ0n) is 7.35. The highest BCUT2D eigenvalue weighted by Gasteiger charge is 2.46. The number of benzene rings is 1. The topological polar surface area (TPSA) is 46.2 Å². The van der Waals surface area contributed by atoms with Crippen LogP contribution in [0.1, 0.15) is 0 Å². The van der Waals surface area contributed by atoms with Gasteiger partial charge < -0.3 is 0 Å². The Balaban J connectivity index is 3.07. The predicted molar refractivity (Wildman–Crippen MR) is 45.0 cm³/mol. The monoisotopic (exact) mass is 261 g/mol. The fraction of sp³-hybridized carbons (Fsp3) is 0.143. The molecule has 3 nitrogen and oxygen atoms in total. The summed E-state index contributed by atoms with van der Waals surface area (Å²) in [6.07, 6.45) is 0. The third-order valence-electron chi connectivity index (χ3n) is 1.42. The van der Waals surface area contributed by atoms with Crippen LogP contribution in [0.2, 0.25) is 0 Å². The van der Waals surface area contributed by atoms with Gasteiger partial charge in [-0.15, -0.1) is 0 Å². The van der Waals surface area contributed by atoms with Gasteiger partial charge in [-0.05, 0) is 12.1 Å². The van der Waals surface area contributed by atoms with Crippen LogP contribution in [0.4, 0.5) is 27.6 Å². The Morgan fingerprint density at radius 2 is 1.44 bits per heavy atom. The van der Waals surface area contributed by atoms with Crippen molar-refractivity contribution in [3.8, 4) is 0 Å². The second-order valence-electron chi connectivity index (χ2n) is 2.71. The molecule has 0 saturated carbocycles. The van der Waals surface area contributed by atoms with Crippen molar-refractivity contribution in [3.63, 3.8) is 0 Å². The molecule has 0 radical (unpaired) electrons. The Morgan fingerprint density at radius 3 is 1.81 bits per heavy atom. The SMILES string of the molecule is O=S(=O)(Nc1cc(F)cc(F)c1)C(F)(F)F. The van der Waals surface area contributed by atoms with E-state index in [1.165, 1.54) is 0 Å². The molecule has 0 aliphatic carbocycles. The van der Waals surface area contributed by atoms with Crippen molar-refractivity contribution in [2.24, 2.45) is 0 Å². The Morgan fingerprint density at radius 1 is 1.00 bits per heavy atom. The van der Waals surface area contributed by atoms with E-state index in [1.807, 2.05) is 0 Å². The summed E-state index contributed by atoms with van der Waals surface area (Å²) < 4.78 is 82.9. The van der Waals surface area contributed by atoms with E-state index in [0.717, 1.165) is 4.72 Å². The molecule has 1 aromatic rings. The average Bonchev–Trinajstić information content (AvgIpc) is 1.97. The number of alkyl halides is 3. The lowest BCUT2D eigenvalue weighted by Crippen LogP contribution is -2.29. The van der Waals surface area contributed by atoms with E-state index in [-0.39, 0.29) is 0 Å². The van der Waals surface area contributed by atoms with Crippen LogP contribution in [0, 0.1) is 11.6 Å². The molecule has 0 aliphatic heterocycles. The minimum absolute atomic E-state index is 0.394. The number of rotatable bonds is 2. The van der Waals surface area contributed by atoms with E-state index in [4.69, 9.17) is 0 Å². The van der Waals surface area contributed by atoms with Gasteiger partial charge in [-0.25, -0.2) is 8.78 Å². The predicted octanol–water partition coefficient (Wildman–Crippen LogP) is 2.23. The molecule has 0 heterocycles. The summed E-state index contributed by atoms with van der Waals surface area (Å²) in [6.45, 7) is 0. The largest absolute Gasteiger partial charge is 0.516 e. The van der Waals surface area contributed by atoms with Gasteiger partial charge in [0.15, 0.2) is 0 Å². The zero-order chi connectivity index (χ0) is 12.6. The average molecular weight is 261 g/mol. The molecule has 0 aromatic heterocycles. The quantitative estimate of drug-likeness (QED) is 0.830. The maximum absolute atomic E-state index is 12.5. The Hall–Kier alpha value is -1.38. The summed E-state index contributed by atoms with van der Waals surface area (Å²) in [5, 5.41) is 0. The first-order chi connectivity index (χ1) is 7.12. The Labute approximate surface area is 86.9 Å². The first-order valence-electron chi connectivity index (χ1n) is 3.67. The molecule has 9 heteroatoms. The van der Waals surface area contributed by atoms with Gasteiger partial charge in [0.2, 0.25) is 0 Å². The van der Waals surface area contributed by atoms with Gasteiger partial charge in [0, 0.05) is 6.07 Å². The Bertz CT molecular complexity index is 476. The smallest absolute Gasteiger partial charge is 0.276 e. The molecule has 0 aliphatic rings. The normalized spacial score (nSPS) is 12.6. The van der Waals surface area contributed by atoms with Crippen LogP contribution in [0.25, 0.3) is 0 Å². The van der Waals surface area contributed by atoms with Crippen LogP contribution in [0.3, 0.4) is 0 Å². The van der Waals surface area contributed by atoms with Crippen LogP contribution in [-0.4, -0.2) is 13.9 Å². The molecule has 0 unspecified atom stereocenters. The first kappa shape index (κ1) is 12.7. The lowest BCUT2D eigenvalue weighted by molar-refractivity contribution is -0.0429. The van der Waals surface area contributed by atoms with Gasteiger partial charge in [-0.2, -0.15) is 21.6 Å². The minimum atomic E-state index is -5.67. The van der Waals surface area contributed by atoms with Crippen molar-refractivity contribution >= 4 is 15.7 Å². The van der Waals surface area contributed by atoms with Gasteiger partial charge in [-0.3, -0.25) is 4.72 Å². The highest BCUT2D eigenvalue weighted by molar-refractivity contribution is 7.93. The third kappa shape index (κ3) is 2.81. The standard InChI is InChI=1S/C7H4F5NO2S/c8-4-1-5(9)3-6(2-4)13-16(14,15)7(10,11)12/h1-3,13H. The second-order valence-corrected chi connectivity index (χ2v) is 4.38. The van der Waals surface area contributed by atoms with Gasteiger partial charge in [0.1, 0.15) is 11.6 Å². The lowest BCUT2D eigenvalue weighted by Gasteiger charge is -2.10. The minimum Gasteiger partial charge on any atom is -0.276 e. The van der Waals surface area contributed by atoms with Gasteiger partial charge >= 0.3 is 15.5 Å². The number of sulfonamides is 1. The number of anilines is 1. The summed E-state index contributed by atoms with van der Waals surface area (Å²) >= 11 is 0. The van der Waals surface area contributed by atoms with E-state index in [9.17, 15) is 30.4 Å². The highest BCUT2D eigenvalue weighted by atomic mass is 32.2. The van der Waals surface area contributed by atoms with Crippen molar-refractivity contribution in [2.75, 3.05) is 4.72 Å². The molecule has 0 saturated heterocycles. The van der Waals surface area contributed by atoms with E-state index in [0.29, 0.717) is 18.2 Å². The first-order valence-corrected chi connectivity index (χ1v) is 5.15. The van der Waals surface area contributed by atoms with Crippen molar-refractivity contribution in [3.05, 3.63) is 29.8 Å². The summed E-state index contributed by atoms with van der Waals surface area (Å²) in [6, 6.07) is 1.24. The van der Waals surface area contributed by atoms with E-state index < -0.39 is 32.9 Å². The van der Waals surface area contributed by atoms with Crippen molar-refractivity contribution in [1.29, 1.82) is 0 Å². The molecular formula is C7H4F5NO2S. The highest BCUT2D eigenvalue weighted by Crippen LogP contribution is 2.25. The molecule has 1 rings (SSSR count). The molecule has 16 heavy (non-hydrogen) atoms. The number of halogens is 5. The summed E-state index contributed by atoms with van der Waals surface area (Å²) in [5.41, 5.74) is -6.38. The molecule has 0 amide bonds. The summed E-state index contributed by atoms with van der Waals surface area (Å²) in [4.78, 5) is 0. The second kappa shape index (κ2) is 3.89. The maximum atomic E-state index is 12.5. The zero-order valence-corrected chi connectivity index (χ0v) is 8.16. The fourth-order valence-electron chi connectivity index (χ4n) is 0.826. The lowest BCUT2D eigenvalue weighted by atomic mass is 10.3. The van der Waals surface area contributed by atoms with Crippen LogP contribution < -0.4 is 4.72 Å². The van der Waals surface area contributed by atoms with Crippen LogP contribution in [0.5, 0.6) is 0 Å². The molecule has 1 N–H and O–H groups in total. The molecule has 0 atom stereocenters. The molecule has 0 bridgehead atoms. The van der Waals surface area contributed by atoms with Crippen molar-refractivity contribution in [2.45, 2.75) is 5.51 Å². The molecular weight excluding hydrogens is 257 g/mol. The summed E-state index contributed by atoms with van der Waals surface area (Å²) in [5.74, 6) is -2.39. The van der Waals surface area contributed by atoms with Crippen LogP contribution in [0.15, 0.2) is 18.2 Å². The molecule has 90 valence electrons. The van der Waals surface area contributed by atoms with E-state index >= 15 is 0 Å². The number of nitrogens with one attached hydrogen (secondary N) is 1. The van der Waals surface area contributed by atoms with Crippen molar-refractivity contribution in [1.82, 2.24) is 0 Å². The number of hydrogen-bond donors (Lipinski definition) is 1. The maximum Gasteiger partial charge on any atom is 0.516 e. The Kier molecular flexibility index (Phi) is 3.08. The van der Waals surface area contributed by atoms with Crippen LogP contribution in [-0.2, 0) is 10.0 Å². The third-order valence-corrected chi connectivity index (χ3v) is 2.53. The fourth-order valence-corrected chi connectivity index (χ4v) is 1.37. The molecule has 0 fully saturated rings. The van der Waals surface area contributed by atoms with E-state index in [1.54, 1.807) is 0 Å². The molecule has 1 aromatic carbocycles. The number of hydrogen-bond acceptors (Lipinski definition) is 2. The molecule has 0 spiro atoms. The van der Waals surface area contributed by atoms with Gasteiger partial charge in [0.25, 0.3) is 0 Å². The van der Waals surface area contributed by atoms with Crippen molar-refractivity contribution < 1.29 is 30.4 Å². The van der Waals surface area contributed by atoms with Crippen LogP contribution >= 0.6 is 0 Å². The van der Waals surface area contributed by atoms with Gasteiger partial charge in [0.05, 0.1) is 5.69 Å². The van der Waals surface area contributed by atoms with Gasteiger partial charge in [-0.1, -0.05) is 0 Å². The summed E-state index contributed by atoms with van der Waals surface area (Å²) in [7, 11) is -5.67.